The quantitative estimate of drug-likeness (QED) is 0.0211. The Labute approximate surface area is 542 Å². The molecular formula is C79H136NO8+. The Bertz CT molecular complexity index is 1860. The Morgan fingerprint density at radius 2 is 0.648 bits per heavy atom. The Morgan fingerprint density at radius 1 is 0.352 bits per heavy atom. The number of carboxylic acid groups (broad SMARTS) is 1. The number of likely N-dealkylation sites (N-methyl/N-ethyl adjacent to an activating group) is 1. The molecule has 0 saturated heterocycles. The number of unbranched alkanes of at least 4 members (excludes halogenated alkanes) is 31. The summed E-state index contributed by atoms with van der Waals surface area (Å²) < 4.78 is 23.0. The number of hydrogen-bond acceptors (Lipinski definition) is 7. The maximum Gasteiger partial charge on any atom is 0.361 e. The Kier molecular flexibility index (Phi) is 65.2. The summed E-state index contributed by atoms with van der Waals surface area (Å²) in [7, 11) is 5.97. The number of carbonyl (C=O) groups excluding carboxylic acids is 2. The summed E-state index contributed by atoms with van der Waals surface area (Å²) in [5, 5.41) is 9.75. The summed E-state index contributed by atoms with van der Waals surface area (Å²) in [4.78, 5) is 37.6. The van der Waals surface area contributed by atoms with Crippen molar-refractivity contribution in [3.8, 4) is 0 Å². The average Bonchev–Trinajstić information content (AvgIpc) is 3.54. The van der Waals surface area contributed by atoms with E-state index in [1.54, 1.807) is 0 Å². The highest BCUT2D eigenvalue weighted by Gasteiger charge is 2.25. The fourth-order valence-corrected chi connectivity index (χ4v) is 9.99. The summed E-state index contributed by atoms with van der Waals surface area (Å²) in [5.74, 6) is -2.04. The van der Waals surface area contributed by atoms with Crippen LogP contribution < -0.4 is 0 Å². The second-order valence-corrected chi connectivity index (χ2v) is 25.2. The van der Waals surface area contributed by atoms with Gasteiger partial charge in [-0.3, -0.25) is 9.59 Å². The molecule has 2 atom stereocenters. The standard InChI is InChI=1S/C79H135NO8/c1-6-8-10-12-14-16-18-20-22-24-26-28-30-32-34-36-37-38-39-40-41-42-44-46-48-50-52-54-56-58-60-62-64-66-68-70-77(82)88-75(74-87-79(78(83)84)85-72-71-80(3,4)5)73-86-76(81)69-67-65-63-61-59-57-55-53-51-49-47-45-43-35-33-31-29-27-25-23-21-19-17-15-13-11-9-7-2/h8,10,14,16,20,22,26,28,32,34,37-38,40-41,44,46,50,52,56,58,75,79H,6-7,9,11-13,15,17-19,21,23-25,27,29-31,33,35-36,39,42-43,45,47-49,51,53-55,57,59-74H2,1-5H3/p+1/b10-8-,16-14-,22-20-,28-26-,34-32-,38-37-,41-40-,46-44-,52-50-,58-56-. The number of ether oxygens (including phenoxy) is 4. The normalized spacial score (nSPS) is 13.4. The molecule has 0 fully saturated rings. The van der Waals surface area contributed by atoms with Crippen molar-refractivity contribution in [2.75, 3.05) is 47.5 Å². The zero-order valence-corrected chi connectivity index (χ0v) is 57.6. The number of carbonyl (C=O) groups is 3. The molecule has 88 heavy (non-hydrogen) atoms. The van der Waals surface area contributed by atoms with Gasteiger partial charge in [0.05, 0.1) is 34.4 Å². The van der Waals surface area contributed by atoms with Crippen molar-refractivity contribution in [2.24, 2.45) is 0 Å². The topological polar surface area (TPSA) is 108 Å². The van der Waals surface area contributed by atoms with Gasteiger partial charge in [-0.05, 0) is 89.9 Å². The highest BCUT2D eigenvalue weighted by atomic mass is 16.7. The highest BCUT2D eigenvalue weighted by molar-refractivity contribution is 5.71. The monoisotopic (exact) mass is 1230 g/mol. The van der Waals surface area contributed by atoms with Crippen LogP contribution in [-0.2, 0) is 33.3 Å². The molecule has 0 aliphatic carbocycles. The molecule has 504 valence electrons. The number of carboxylic acids is 1. The lowest BCUT2D eigenvalue weighted by molar-refractivity contribution is -0.870. The SMILES string of the molecule is CC/C=C\C/C=C\C/C=C\C/C=C\C/C=C\C/C=C\C/C=C\C/C=C\C/C=C\C/C=C\CCCCCCC(=O)OC(COC(=O)CCCCCCCCCCCCCCCCCCCCCCCCCCCCCC)COC(OCC[N+](C)(C)C)C(=O)O. The summed E-state index contributed by atoms with van der Waals surface area (Å²) >= 11 is 0. The van der Waals surface area contributed by atoms with E-state index in [4.69, 9.17) is 18.9 Å². The van der Waals surface area contributed by atoms with Gasteiger partial charge in [0.1, 0.15) is 13.2 Å². The Morgan fingerprint density at radius 3 is 0.966 bits per heavy atom. The van der Waals surface area contributed by atoms with Crippen molar-refractivity contribution >= 4 is 17.9 Å². The third-order valence-corrected chi connectivity index (χ3v) is 15.5. The minimum absolute atomic E-state index is 0.178. The molecule has 0 radical (unpaired) electrons. The molecule has 0 bridgehead atoms. The molecule has 0 heterocycles. The number of quaternary nitrogens is 1. The molecule has 9 heteroatoms. The fourth-order valence-electron chi connectivity index (χ4n) is 9.99. The van der Waals surface area contributed by atoms with Gasteiger partial charge >= 0.3 is 17.9 Å². The van der Waals surface area contributed by atoms with Crippen LogP contribution in [0.15, 0.2) is 122 Å². The molecule has 0 spiro atoms. The highest BCUT2D eigenvalue weighted by Crippen LogP contribution is 2.18. The minimum Gasteiger partial charge on any atom is -0.477 e. The maximum atomic E-state index is 12.9. The fraction of sp³-hybridized carbons (Fsp3) is 0.709. The van der Waals surface area contributed by atoms with Crippen LogP contribution in [0.2, 0.25) is 0 Å². The zero-order chi connectivity index (χ0) is 64.0. The number of esters is 2. The van der Waals surface area contributed by atoms with E-state index >= 15 is 0 Å². The number of aliphatic carboxylic acids is 1. The number of rotatable bonds is 66. The van der Waals surface area contributed by atoms with E-state index in [1.807, 2.05) is 21.1 Å². The first-order valence-corrected chi connectivity index (χ1v) is 36.2. The molecule has 0 aromatic rings. The van der Waals surface area contributed by atoms with Crippen LogP contribution in [0.5, 0.6) is 0 Å². The van der Waals surface area contributed by atoms with E-state index in [1.165, 1.54) is 161 Å². The van der Waals surface area contributed by atoms with E-state index in [0.29, 0.717) is 23.9 Å². The first kappa shape index (κ1) is 83.7. The lowest BCUT2D eigenvalue weighted by Crippen LogP contribution is -2.40. The average molecular weight is 1230 g/mol. The lowest BCUT2D eigenvalue weighted by atomic mass is 10.0. The van der Waals surface area contributed by atoms with Crippen LogP contribution in [0, 0.1) is 0 Å². The van der Waals surface area contributed by atoms with Crippen molar-refractivity contribution in [1.29, 1.82) is 0 Å². The third kappa shape index (κ3) is 69.2. The summed E-state index contributed by atoms with van der Waals surface area (Å²) in [5.41, 5.74) is 0. The van der Waals surface area contributed by atoms with Gasteiger partial charge in [-0.25, -0.2) is 4.79 Å². The molecule has 0 amide bonds. The molecule has 0 aliphatic rings. The van der Waals surface area contributed by atoms with E-state index in [2.05, 4.69) is 135 Å². The smallest absolute Gasteiger partial charge is 0.361 e. The molecule has 2 unspecified atom stereocenters. The largest absolute Gasteiger partial charge is 0.477 e. The van der Waals surface area contributed by atoms with Gasteiger partial charge in [0, 0.05) is 12.8 Å². The minimum atomic E-state index is -1.52. The molecule has 0 aromatic carbocycles. The van der Waals surface area contributed by atoms with Gasteiger partial charge in [0.2, 0.25) is 0 Å². The van der Waals surface area contributed by atoms with Crippen molar-refractivity contribution in [1.82, 2.24) is 0 Å². The molecule has 1 N–H and O–H groups in total. The second kappa shape index (κ2) is 68.6. The van der Waals surface area contributed by atoms with E-state index in [-0.39, 0.29) is 32.2 Å². The van der Waals surface area contributed by atoms with Gasteiger partial charge in [-0.1, -0.05) is 322 Å². The Balaban J connectivity index is 4.20. The molecule has 0 rings (SSSR count). The lowest BCUT2D eigenvalue weighted by Gasteiger charge is -2.25. The molecule has 9 nitrogen and oxygen atoms in total. The molecule has 0 saturated carbocycles. The van der Waals surface area contributed by atoms with Crippen LogP contribution in [-0.4, -0.2) is 87.4 Å². The van der Waals surface area contributed by atoms with E-state index in [9.17, 15) is 19.5 Å². The van der Waals surface area contributed by atoms with Gasteiger partial charge in [-0.15, -0.1) is 0 Å². The third-order valence-electron chi connectivity index (χ3n) is 15.5. The predicted molar refractivity (Wildman–Crippen MR) is 378 cm³/mol. The van der Waals surface area contributed by atoms with Gasteiger partial charge in [0.15, 0.2) is 6.10 Å². The zero-order valence-electron chi connectivity index (χ0n) is 57.6. The number of nitrogens with zero attached hydrogens (tertiary/aromatic N) is 1. The predicted octanol–water partition coefficient (Wildman–Crippen LogP) is 22.7. The maximum absolute atomic E-state index is 12.9. The van der Waals surface area contributed by atoms with Crippen LogP contribution >= 0.6 is 0 Å². The van der Waals surface area contributed by atoms with Crippen molar-refractivity contribution in [3.05, 3.63) is 122 Å². The van der Waals surface area contributed by atoms with Gasteiger partial charge in [-0.2, -0.15) is 0 Å². The number of allylic oxidation sites excluding steroid dienone is 20. The van der Waals surface area contributed by atoms with Crippen LogP contribution in [0.3, 0.4) is 0 Å². The van der Waals surface area contributed by atoms with E-state index in [0.717, 1.165) is 109 Å². The molecule has 0 aromatic heterocycles. The van der Waals surface area contributed by atoms with Crippen molar-refractivity contribution in [3.63, 3.8) is 0 Å². The summed E-state index contributed by atoms with van der Waals surface area (Å²) in [6.07, 6.45) is 94.6. The summed E-state index contributed by atoms with van der Waals surface area (Å²) in [6, 6.07) is 0. The Hall–Kier alpha value is -4.31. The number of hydrogen-bond donors (Lipinski definition) is 1. The van der Waals surface area contributed by atoms with Crippen LogP contribution in [0.1, 0.15) is 303 Å². The summed E-state index contributed by atoms with van der Waals surface area (Å²) in [6.45, 7) is 4.76. The molecule has 0 aliphatic heterocycles. The van der Waals surface area contributed by atoms with E-state index < -0.39 is 24.3 Å². The molecular weight excluding hydrogens is 1090 g/mol. The van der Waals surface area contributed by atoms with Gasteiger partial charge < -0.3 is 28.5 Å². The van der Waals surface area contributed by atoms with Crippen molar-refractivity contribution < 1.29 is 42.9 Å². The van der Waals surface area contributed by atoms with Crippen molar-refractivity contribution in [2.45, 2.75) is 315 Å². The van der Waals surface area contributed by atoms with Crippen LogP contribution in [0.4, 0.5) is 0 Å². The second-order valence-electron chi connectivity index (χ2n) is 25.2. The first-order valence-electron chi connectivity index (χ1n) is 36.2. The first-order chi connectivity index (χ1) is 43.1. The van der Waals surface area contributed by atoms with Crippen LogP contribution in [0.25, 0.3) is 0 Å². The van der Waals surface area contributed by atoms with Gasteiger partial charge in [0.25, 0.3) is 6.29 Å².